The molecule has 0 bridgehead atoms. The quantitative estimate of drug-likeness (QED) is 0.179. The molecule has 0 aromatic rings. The van der Waals surface area contributed by atoms with E-state index in [9.17, 15) is 19.2 Å². The van der Waals surface area contributed by atoms with Crippen molar-refractivity contribution in [3.8, 4) is 0 Å². The molecule has 0 atom stereocenters. The van der Waals surface area contributed by atoms with Gasteiger partial charge in [0.2, 0.25) is 0 Å². The Morgan fingerprint density at radius 3 is 1.10 bits per heavy atom. The van der Waals surface area contributed by atoms with Crippen LogP contribution in [0.3, 0.4) is 0 Å². The van der Waals surface area contributed by atoms with Crippen LogP contribution >= 0.6 is 37.9 Å². The normalized spacial score (nSPS) is 10.9. The van der Waals surface area contributed by atoms with Crippen molar-refractivity contribution in [3.05, 3.63) is 0 Å². The van der Waals surface area contributed by atoms with Crippen molar-refractivity contribution in [1.82, 2.24) is 0 Å². The second-order valence-electron chi connectivity index (χ2n) is 6.26. The van der Waals surface area contributed by atoms with Gasteiger partial charge in [0.1, 0.15) is 19.8 Å². The van der Waals surface area contributed by atoms with Gasteiger partial charge in [-0.25, -0.2) is 0 Å². The average molecular weight is 471 g/mol. The van der Waals surface area contributed by atoms with Crippen LogP contribution in [0, 0.1) is 5.41 Å². The Hall–Kier alpha value is -1.07. The summed E-state index contributed by atoms with van der Waals surface area (Å²) in [4.78, 5) is 49.1. The highest BCUT2D eigenvalue weighted by molar-refractivity contribution is 7.80. The van der Waals surface area contributed by atoms with Gasteiger partial charge >= 0.3 is 23.9 Å². The highest BCUT2D eigenvalue weighted by atomic mass is 32.1. The predicted octanol–water partition coefficient (Wildman–Crippen LogP) is 1.91. The van der Waals surface area contributed by atoms with Gasteiger partial charge in [-0.2, -0.15) is 37.9 Å². The maximum absolute atomic E-state index is 12.3. The van der Waals surface area contributed by atoms with Crippen LogP contribution in [-0.4, -0.2) is 67.6 Å². The number of hydrogen-bond acceptors (Lipinski definition) is 11. The van der Waals surface area contributed by atoms with E-state index in [0.29, 0.717) is 23.7 Å². The van der Waals surface area contributed by atoms with Gasteiger partial charge in [-0.15, -0.1) is 0 Å². The Labute approximate surface area is 188 Å². The molecule has 0 unspecified atom stereocenters. The van der Waals surface area contributed by atoms with Crippen LogP contribution < -0.4 is 0 Å². The molecule has 0 heterocycles. The number of hydrogen-bond donors (Lipinski definition) is 3. The zero-order valence-electron chi connectivity index (χ0n) is 16.6. The number of thiol groups is 3. The Kier molecular flexibility index (Phi) is 16.1. The molecule has 11 heteroatoms. The molecule has 0 rings (SSSR count). The van der Waals surface area contributed by atoms with Gasteiger partial charge in [0.15, 0.2) is 0 Å². The molecule has 8 nitrogen and oxygen atoms in total. The number of esters is 4. The van der Waals surface area contributed by atoms with Gasteiger partial charge in [-0.05, 0) is 6.42 Å². The molecular formula is C18H30O8S3. The van der Waals surface area contributed by atoms with Crippen molar-refractivity contribution in [2.75, 3.05) is 43.7 Å². The molecule has 0 aromatic heterocycles. The zero-order chi connectivity index (χ0) is 22.1. The van der Waals surface area contributed by atoms with E-state index in [0.717, 1.165) is 0 Å². The smallest absolute Gasteiger partial charge is 0.306 e. The first-order valence-electron chi connectivity index (χ1n) is 9.27. The van der Waals surface area contributed by atoms with Gasteiger partial charge in [-0.1, -0.05) is 6.92 Å². The summed E-state index contributed by atoms with van der Waals surface area (Å²) in [5.41, 5.74) is -1.39. The fourth-order valence-corrected chi connectivity index (χ4v) is 2.77. The van der Waals surface area contributed by atoms with E-state index in [4.69, 9.17) is 18.9 Å². The van der Waals surface area contributed by atoms with Gasteiger partial charge < -0.3 is 18.9 Å². The summed E-state index contributed by atoms with van der Waals surface area (Å²) in [6.45, 7) is 2.21. The third-order valence-electron chi connectivity index (χ3n) is 3.61. The van der Waals surface area contributed by atoms with E-state index < -0.39 is 29.3 Å². The highest BCUT2D eigenvalue weighted by Crippen LogP contribution is 2.37. The van der Waals surface area contributed by atoms with Crippen LogP contribution in [0.4, 0.5) is 0 Å². The number of rotatable bonds is 16. The Morgan fingerprint density at radius 2 is 0.862 bits per heavy atom. The molecule has 0 radical (unpaired) electrons. The molecular weight excluding hydrogens is 440 g/mol. The van der Waals surface area contributed by atoms with Gasteiger partial charge in [0.05, 0.1) is 32.3 Å². The van der Waals surface area contributed by atoms with Gasteiger partial charge in [-0.3, -0.25) is 19.2 Å². The number of carbonyl (C=O) groups excluding carboxylic acids is 4. The maximum Gasteiger partial charge on any atom is 0.306 e. The van der Waals surface area contributed by atoms with Crippen LogP contribution in [0.25, 0.3) is 0 Å². The average Bonchev–Trinajstić information content (AvgIpc) is 2.67. The fourth-order valence-electron chi connectivity index (χ4n) is 2.50. The topological polar surface area (TPSA) is 105 Å². The molecule has 0 aliphatic carbocycles. The Morgan fingerprint density at radius 1 is 0.586 bits per heavy atom. The Balaban J connectivity index is 5.59. The van der Waals surface area contributed by atoms with Crippen molar-refractivity contribution in [1.29, 1.82) is 0 Å². The molecule has 0 aliphatic heterocycles. The zero-order valence-corrected chi connectivity index (χ0v) is 19.3. The van der Waals surface area contributed by atoms with Crippen LogP contribution in [0.2, 0.25) is 0 Å². The third-order valence-corrected chi connectivity index (χ3v) is 4.16. The lowest BCUT2D eigenvalue weighted by Gasteiger charge is -2.30. The van der Waals surface area contributed by atoms with Gasteiger partial charge in [0, 0.05) is 22.7 Å². The van der Waals surface area contributed by atoms with E-state index in [2.05, 4.69) is 37.9 Å². The first-order chi connectivity index (χ1) is 13.8. The molecule has 0 fully saturated rings. The largest absolute Gasteiger partial charge is 0.466 e. The predicted molar refractivity (Wildman–Crippen MR) is 117 cm³/mol. The summed E-state index contributed by atoms with van der Waals surface area (Å²) in [6.07, 6.45) is -0.790. The van der Waals surface area contributed by atoms with E-state index in [1.54, 1.807) is 0 Å². The summed E-state index contributed by atoms with van der Waals surface area (Å²) < 4.78 is 20.2. The van der Waals surface area contributed by atoms with Crippen molar-refractivity contribution in [2.24, 2.45) is 5.41 Å². The molecule has 0 saturated carbocycles. The summed E-state index contributed by atoms with van der Waals surface area (Å²) >= 11 is 11.9. The molecule has 0 amide bonds. The minimum Gasteiger partial charge on any atom is -0.466 e. The Bertz CT molecular complexity index is 434. The van der Waals surface area contributed by atoms with E-state index >= 15 is 0 Å². The lowest BCUT2D eigenvalue weighted by atomic mass is 9.75. The molecule has 0 spiro atoms. The summed E-state index contributed by atoms with van der Waals surface area (Å²) in [5.74, 6) is -1.68. The molecule has 168 valence electrons. The highest BCUT2D eigenvalue weighted by Gasteiger charge is 2.41. The van der Waals surface area contributed by atoms with Crippen LogP contribution in [0.1, 0.15) is 39.0 Å². The van der Waals surface area contributed by atoms with E-state index in [-0.39, 0.29) is 52.1 Å². The maximum atomic E-state index is 12.3. The number of ether oxygens (including phenoxy) is 4. The molecule has 0 N–H and O–H groups in total. The SMILES string of the molecule is CCCOC(=O)CC(CC(=O)OCCS)(CC(=O)OCCS)CC(=O)OCCS. The van der Waals surface area contributed by atoms with Crippen LogP contribution in [-0.2, 0) is 38.1 Å². The fraction of sp³-hybridized carbons (Fsp3) is 0.778. The van der Waals surface area contributed by atoms with Crippen LogP contribution in [0.5, 0.6) is 0 Å². The molecule has 0 aromatic carbocycles. The van der Waals surface area contributed by atoms with Crippen molar-refractivity contribution >= 4 is 61.8 Å². The summed E-state index contributed by atoms with van der Waals surface area (Å²) in [7, 11) is 0. The summed E-state index contributed by atoms with van der Waals surface area (Å²) in [5, 5.41) is 0. The molecule has 0 saturated heterocycles. The van der Waals surface area contributed by atoms with Gasteiger partial charge in [0.25, 0.3) is 0 Å². The lowest BCUT2D eigenvalue weighted by molar-refractivity contribution is -0.157. The monoisotopic (exact) mass is 470 g/mol. The lowest BCUT2D eigenvalue weighted by Crippen LogP contribution is -2.35. The van der Waals surface area contributed by atoms with Crippen molar-refractivity contribution in [3.63, 3.8) is 0 Å². The number of carbonyl (C=O) groups is 4. The minimum absolute atomic E-state index is 0.0620. The second kappa shape index (κ2) is 16.7. The first-order valence-corrected chi connectivity index (χ1v) is 11.2. The van der Waals surface area contributed by atoms with Crippen LogP contribution in [0.15, 0.2) is 0 Å². The second-order valence-corrected chi connectivity index (χ2v) is 7.60. The first kappa shape index (κ1) is 27.9. The van der Waals surface area contributed by atoms with Crippen molar-refractivity contribution < 1.29 is 38.1 Å². The van der Waals surface area contributed by atoms with E-state index in [1.807, 2.05) is 6.92 Å². The van der Waals surface area contributed by atoms with Crippen molar-refractivity contribution in [2.45, 2.75) is 39.0 Å². The van der Waals surface area contributed by atoms with E-state index in [1.165, 1.54) is 0 Å². The third kappa shape index (κ3) is 13.7. The minimum atomic E-state index is -1.39. The summed E-state index contributed by atoms with van der Waals surface area (Å²) in [6, 6.07) is 0. The molecule has 0 aliphatic rings. The standard InChI is InChI=1S/C18H30O8S3/c1-2-3-23-14(19)10-18(11-15(20)24-4-7-27,12-16(21)25-5-8-28)13-17(22)26-6-9-29/h27-29H,2-13H2,1H3. The molecule has 29 heavy (non-hydrogen) atoms.